The van der Waals surface area contributed by atoms with E-state index in [9.17, 15) is 4.79 Å². The van der Waals surface area contributed by atoms with Gasteiger partial charge in [0.25, 0.3) is 0 Å². The van der Waals surface area contributed by atoms with Crippen molar-refractivity contribution in [3.63, 3.8) is 0 Å². The molecule has 0 aromatic rings. The number of guanidine groups is 1. The van der Waals surface area contributed by atoms with Gasteiger partial charge in [0.1, 0.15) is 5.25 Å². The summed E-state index contributed by atoms with van der Waals surface area (Å²) in [6, 6.07) is 0. The fraction of sp³-hybridized carbons (Fsp3) is 0.500. The normalized spacial score (nSPS) is 22.0. The van der Waals surface area contributed by atoms with Crippen molar-refractivity contribution < 1.29 is 19.9 Å². The highest BCUT2D eigenvalue weighted by molar-refractivity contribution is 8.16. The second kappa shape index (κ2) is 6.33. The summed E-state index contributed by atoms with van der Waals surface area (Å²) in [5, 5.41) is 19.0. The Hall–Kier alpha value is -1.65. The van der Waals surface area contributed by atoms with Gasteiger partial charge < -0.3 is 10.5 Å². The SMILES string of the molecule is CCOC(=O)C1SC(=NC(N)=NN(O)O)N=C1C. The van der Waals surface area contributed by atoms with E-state index in [0.717, 1.165) is 11.8 Å². The van der Waals surface area contributed by atoms with Crippen LogP contribution in [0.15, 0.2) is 15.1 Å². The lowest BCUT2D eigenvalue weighted by atomic mass is 10.3. The van der Waals surface area contributed by atoms with Gasteiger partial charge in [0.2, 0.25) is 5.96 Å². The summed E-state index contributed by atoms with van der Waals surface area (Å²) in [6.07, 6.45) is 0. The third kappa shape index (κ3) is 3.98. The first-order valence-corrected chi connectivity index (χ1v) is 5.81. The highest BCUT2D eigenvalue weighted by Gasteiger charge is 2.31. The molecule has 1 aliphatic rings. The molecule has 0 spiro atoms. The molecule has 100 valence electrons. The molecule has 0 bridgehead atoms. The maximum atomic E-state index is 11.5. The molecule has 1 rings (SSSR count). The molecule has 10 heteroatoms. The van der Waals surface area contributed by atoms with Gasteiger partial charge in [0, 0.05) is 5.71 Å². The van der Waals surface area contributed by atoms with Crippen molar-refractivity contribution in [3.05, 3.63) is 0 Å². The van der Waals surface area contributed by atoms with E-state index in [-0.39, 0.29) is 11.8 Å². The maximum Gasteiger partial charge on any atom is 0.325 e. The van der Waals surface area contributed by atoms with Gasteiger partial charge in [-0.25, -0.2) is 15.4 Å². The van der Waals surface area contributed by atoms with Crippen LogP contribution in [-0.4, -0.2) is 50.4 Å². The minimum Gasteiger partial charge on any atom is -0.465 e. The van der Waals surface area contributed by atoms with Crippen molar-refractivity contribution in [1.82, 2.24) is 5.34 Å². The summed E-state index contributed by atoms with van der Waals surface area (Å²) >= 11 is 1.05. The molecule has 9 nitrogen and oxygen atoms in total. The number of carbonyl (C=O) groups is 1. The number of hydrazone groups is 1. The number of hydrogen-bond acceptors (Lipinski definition) is 7. The Labute approximate surface area is 107 Å². The van der Waals surface area contributed by atoms with Crippen molar-refractivity contribution in [2.24, 2.45) is 20.8 Å². The van der Waals surface area contributed by atoms with E-state index in [2.05, 4.69) is 15.1 Å². The monoisotopic (exact) mass is 275 g/mol. The van der Waals surface area contributed by atoms with E-state index < -0.39 is 22.5 Å². The Morgan fingerprint density at radius 2 is 2.33 bits per heavy atom. The fourth-order valence-corrected chi connectivity index (χ4v) is 2.07. The Bertz CT molecular complexity index is 420. The number of nitrogens with zero attached hydrogens (tertiary/aromatic N) is 4. The van der Waals surface area contributed by atoms with Gasteiger partial charge in [-0.3, -0.25) is 4.79 Å². The summed E-state index contributed by atoms with van der Waals surface area (Å²) in [6.45, 7) is 3.65. The largest absolute Gasteiger partial charge is 0.465 e. The minimum absolute atomic E-state index is 0.202. The van der Waals surface area contributed by atoms with Crippen molar-refractivity contribution in [1.29, 1.82) is 0 Å². The third-order valence-corrected chi connectivity index (χ3v) is 2.94. The first-order chi connectivity index (χ1) is 8.43. The average molecular weight is 275 g/mol. The summed E-state index contributed by atoms with van der Waals surface area (Å²) in [4.78, 5) is 19.3. The lowest BCUT2D eigenvalue weighted by Crippen LogP contribution is -2.24. The van der Waals surface area contributed by atoms with Crippen molar-refractivity contribution in [3.8, 4) is 0 Å². The molecule has 0 saturated heterocycles. The Balaban J connectivity index is 2.75. The van der Waals surface area contributed by atoms with Crippen LogP contribution in [-0.2, 0) is 9.53 Å². The van der Waals surface area contributed by atoms with E-state index in [4.69, 9.17) is 20.9 Å². The average Bonchev–Trinajstić information content (AvgIpc) is 2.58. The van der Waals surface area contributed by atoms with Crippen LogP contribution in [0.3, 0.4) is 0 Å². The first-order valence-electron chi connectivity index (χ1n) is 4.93. The number of esters is 1. The number of rotatable bonds is 3. The maximum absolute atomic E-state index is 11.5. The van der Waals surface area contributed by atoms with E-state index in [0.29, 0.717) is 5.71 Å². The molecule has 1 heterocycles. The standard InChI is InChI=1S/C8H13N5O4S/c1-3-17-6(14)5-4(2)10-8(18-5)11-7(9)12-13(15)16/h5,15-16H,3H2,1-2H3,(H2,9,12). The molecule has 0 saturated carbocycles. The summed E-state index contributed by atoms with van der Waals surface area (Å²) in [7, 11) is 0. The Morgan fingerprint density at radius 3 is 2.89 bits per heavy atom. The van der Waals surface area contributed by atoms with Gasteiger partial charge in [-0.1, -0.05) is 16.9 Å². The summed E-state index contributed by atoms with van der Waals surface area (Å²) in [5.41, 5.74) is 5.82. The van der Waals surface area contributed by atoms with Gasteiger partial charge in [-0.2, -0.15) is 4.99 Å². The van der Waals surface area contributed by atoms with Gasteiger partial charge in [-0.05, 0) is 19.2 Å². The quantitative estimate of drug-likeness (QED) is 0.281. The molecule has 1 unspecified atom stereocenters. The van der Waals surface area contributed by atoms with Crippen LogP contribution in [0, 0.1) is 0 Å². The van der Waals surface area contributed by atoms with E-state index >= 15 is 0 Å². The third-order valence-electron chi connectivity index (χ3n) is 1.78. The van der Waals surface area contributed by atoms with E-state index in [1.807, 2.05) is 0 Å². The molecule has 0 amide bonds. The first kappa shape index (κ1) is 14.4. The van der Waals surface area contributed by atoms with Crippen LogP contribution in [0.1, 0.15) is 13.8 Å². The molecular formula is C8H13N5O4S. The van der Waals surface area contributed by atoms with Crippen molar-refractivity contribution in [2.45, 2.75) is 19.1 Å². The fourth-order valence-electron chi connectivity index (χ4n) is 1.13. The summed E-state index contributed by atoms with van der Waals surface area (Å²) < 4.78 is 4.87. The minimum atomic E-state index is -0.559. The van der Waals surface area contributed by atoms with Crippen molar-refractivity contribution in [2.75, 3.05) is 6.61 Å². The zero-order chi connectivity index (χ0) is 13.7. The zero-order valence-corrected chi connectivity index (χ0v) is 10.6. The molecule has 4 N–H and O–H groups in total. The van der Waals surface area contributed by atoms with Crippen LogP contribution in [0.25, 0.3) is 0 Å². The second-order valence-corrected chi connectivity index (χ2v) is 4.20. The van der Waals surface area contributed by atoms with Gasteiger partial charge in [0.15, 0.2) is 5.17 Å². The Kier molecular flexibility index (Phi) is 5.07. The number of ether oxygens (including phenoxy) is 1. The molecular weight excluding hydrogens is 262 g/mol. The molecule has 0 fully saturated rings. The molecule has 0 aromatic heterocycles. The number of aliphatic imine (C=N–C) groups is 2. The van der Waals surface area contributed by atoms with Gasteiger partial charge in [-0.15, -0.1) is 0 Å². The van der Waals surface area contributed by atoms with Crippen LogP contribution in [0.4, 0.5) is 0 Å². The zero-order valence-electron chi connectivity index (χ0n) is 9.77. The smallest absolute Gasteiger partial charge is 0.325 e. The number of hydrogen-bond donors (Lipinski definition) is 3. The van der Waals surface area contributed by atoms with Gasteiger partial charge >= 0.3 is 5.97 Å². The topological polar surface area (TPSA) is 133 Å². The van der Waals surface area contributed by atoms with Crippen LogP contribution in [0.2, 0.25) is 0 Å². The molecule has 0 aliphatic carbocycles. The molecule has 1 aliphatic heterocycles. The number of amidine groups is 1. The van der Waals surface area contributed by atoms with E-state index in [1.165, 1.54) is 0 Å². The molecule has 0 radical (unpaired) electrons. The summed E-state index contributed by atoms with van der Waals surface area (Å²) in [5.74, 6) is -0.807. The second-order valence-electron chi connectivity index (χ2n) is 3.12. The predicted molar refractivity (Wildman–Crippen MR) is 65.6 cm³/mol. The van der Waals surface area contributed by atoms with Crippen LogP contribution in [0.5, 0.6) is 0 Å². The Morgan fingerprint density at radius 1 is 1.67 bits per heavy atom. The van der Waals surface area contributed by atoms with Gasteiger partial charge in [0.05, 0.1) is 6.61 Å². The highest BCUT2D eigenvalue weighted by Crippen LogP contribution is 2.24. The number of thioether (sulfide) groups is 1. The van der Waals surface area contributed by atoms with Crippen LogP contribution < -0.4 is 5.73 Å². The van der Waals surface area contributed by atoms with Crippen molar-refractivity contribution >= 4 is 34.6 Å². The lowest BCUT2D eigenvalue weighted by Gasteiger charge is -2.06. The predicted octanol–water partition coefficient (Wildman–Crippen LogP) is -0.208. The van der Waals surface area contributed by atoms with Crippen LogP contribution >= 0.6 is 11.8 Å². The molecule has 18 heavy (non-hydrogen) atoms. The molecule has 1 atom stereocenters. The lowest BCUT2D eigenvalue weighted by molar-refractivity contribution is -0.307. The number of carbonyl (C=O) groups excluding carboxylic acids is 1. The molecule has 0 aromatic carbocycles. The highest BCUT2D eigenvalue weighted by atomic mass is 32.2. The van der Waals surface area contributed by atoms with E-state index in [1.54, 1.807) is 13.8 Å². The number of nitrogens with two attached hydrogens (primary N) is 1.